The van der Waals surface area contributed by atoms with Crippen LogP contribution in [0.5, 0.6) is 5.75 Å². The fourth-order valence-corrected chi connectivity index (χ4v) is 3.34. The molecule has 0 unspecified atom stereocenters. The van der Waals surface area contributed by atoms with Gasteiger partial charge in [-0.15, -0.1) is 5.11 Å². The first-order valence-electron chi connectivity index (χ1n) is 10.9. The monoisotopic (exact) mass is 444 g/mol. The number of nitrogens with one attached hydrogen (secondary N) is 1. The van der Waals surface area contributed by atoms with E-state index in [0.29, 0.717) is 22.4 Å². The summed E-state index contributed by atoms with van der Waals surface area (Å²) >= 11 is 0. The minimum atomic E-state index is -0.527. The van der Waals surface area contributed by atoms with Gasteiger partial charge in [-0.25, -0.2) is 0 Å². The van der Waals surface area contributed by atoms with Crippen molar-refractivity contribution in [2.75, 3.05) is 23.3 Å². The molecule has 3 aromatic rings. The molecule has 0 saturated carbocycles. The number of aromatic hydroxyl groups is 1. The third-order valence-corrected chi connectivity index (χ3v) is 5.28. The largest absolute Gasteiger partial charge is 0.508 e. The highest BCUT2D eigenvalue weighted by atomic mass is 16.3. The number of phenolic OH excluding ortho intramolecular Hbond substituents is 1. The Morgan fingerprint density at radius 3 is 2.33 bits per heavy atom. The van der Waals surface area contributed by atoms with Crippen LogP contribution in [0, 0.1) is 6.92 Å². The molecule has 7 heteroatoms. The Labute approximate surface area is 193 Å². The van der Waals surface area contributed by atoms with Crippen molar-refractivity contribution in [1.29, 1.82) is 0 Å². The van der Waals surface area contributed by atoms with Gasteiger partial charge in [0.25, 0.3) is 11.8 Å². The highest BCUT2D eigenvalue weighted by Gasteiger charge is 2.10. The highest BCUT2D eigenvalue weighted by molar-refractivity contribution is 6.05. The third-order valence-electron chi connectivity index (χ3n) is 5.28. The molecule has 0 fully saturated rings. The summed E-state index contributed by atoms with van der Waals surface area (Å²) in [6.07, 6.45) is 0. The number of anilines is 2. The van der Waals surface area contributed by atoms with E-state index in [9.17, 15) is 14.7 Å². The first-order valence-corrected chi connectivity index (χ1v) is 10.9. The molecule has 33 heavy (non-hydrogen) atoms. The lowest BCUT2D eigenvalue weighted by molar-refractivity contribution is 0.0990. The molecular weight excluding hydrogens is 416 g/mol. The van der Waals surface area contributed by atoms with E-state index in [1.165, 1.54) is 0 Å². The summed E-state index contributed by atoms with van der Waals surface area (Å²) in [4.78, 5) is 27.0. The van der Waals surface area contributed by atoms with Crippen LogP contribution in [0.3, 0.4) is 0 Å². The predicted octanol–water partition coefficient (Wildman–Crippen LogP) is 5.59. The zero-order valence-corrected chi connectivity index (χ0v) is 19.1. The van der Waals surface area contributed by atoms with E-state index >= 15 is 0 Å². The Morgan fingerprint density at radius 2 is 1.67 bits per heavy atom. The van der Waals surface area contributed by atoms with Crippen LogP contribution in [0.2, 0.25) is 0 Å². The Hall–Kier alpha value is -4.00. The fraction of sp³-hybridized carbons (Fsp3) is 0.231. The smallest absolute Gasteiger partial charge is 0.295 e. The first-order chi connectivity index (χ1) is 15.9. The van der Waals surface area contributed by atoms with Gasteiger partial charge in [0.2, 0.25) is 0 Å². The van der Waals surface area contributed by atoms with Crippen molar-refractivity contribution in [3.63, 3.8) is 0 Å². The summed E-state index contributed by atoms with van der Waals surface area (Å²) in [7, 11) is 0. The van der Waals surface area contributed by atoms with Crippen molar-refractivity contribution in [1.82, 2.24) is 0 Å². The summed E-state index contributed by atoms with van der Waals surface area (Å²) in [5.41, 5.74) is 3.91. The van der Waals surface area contributed by atoms with Crippen LogP contribution in [-0.2, 0) is 6.54 Å². The van der Waals surface area contributed by atoms with Gasteiger partial charge in [-0.2, -0.15) is 5.11 Å². The second-order valence-electron chi connectivity index (χ2n) is 7.59. The van der Waals surface area contributed by atoms with Gasteiger partial charge < -0.3 is 15.3 Å². The maximum atomic E-state index is 12.4. The lowest BCUT2D eigenvalue weighted by atomic mass is 10.1. The quantitative estimate of drug-likeness (QED) is 0.443. The molecule has 0 spiro atoms. The van der Waals surface area contributed by atoms with Gasteiger partial charge in [0.05, 0.1) is 6.54 Å². The van der Waals surface area contributed by atoms with Gasteiger partial charge in [-0.1, -0.05) is 29.8 Å². The second kappa shape index (κ2) is 11.0. The van der Waals surface area contributed by atoms with Gasteiger partial charge in [0.15, 0.2) is 0 Å². The molecule has 3 aromatic carbocycles. The molecule has 2 N–H and O–H groups in total. The molecule has 0 saturated heterocycles. The number of benzene rings is 3. The van der Waals surface area contributed by atoms with Gasteiger partial charge in [-0.3, -0.25) is 9.59 Å². The summed E-state index contributed by atoms with van der Waals surface area (Å²) in [6.45, 7) is 7.82. The van der Waals surface area contributed by atoms with Crippen LogP contribution in [0.4, 0.5) is 11.4 Å². The van der Waals surface area contributed by atoms with E-state index in [1.807, 2.05) is 25.1 Å². The maximum Gasteiger partial charge on any atom is 0.295 e. The van der Waals surface area contributed by atoms with Crippen LogP contribution >= 0.6 is 0 Å². The fourth-order valence-electron chi connectivity index (χ4n) is 3.34. The van der Waals surface area contributed by atoms with Gasteiger partial charge in [0.1, 0.15) is 5.75 Å². The molecule has 0 aliphatic rings. The zero-order valence-electron chi connectivity index (χ0n) is 19.1. The Kier molecular flexibility index (Phi) is 7.91. The summed E-state index contributed by atoms with van der Waals surface area (Å²) < 4.78 is 0. The SMILES string of the molecule is CCN(CC)c1ccc(CN=NC(=O)c2cccc(NC(=O)c3ccc(C)cc3)c2)c(O)c1. The van der Waals surface area contributed by atoms with Crippen LogP contribution in [-0.4, -0.2) is 30.0 Å². The molecule has 2 amide bonds. The molecule has 0 aromatic heterocycles. The summed E-state index contributed by atoms with van der Waals surface area (Å²) in [5, 5.41) is 20.8. The van der Waals surface area contributed by atoms with Crippen molar-refractivity contribution in [3.8, 4) is 5.75 Å². The van der Waals surface area contributed by atoms with E-state index < -0.39 is 5.91 Å². The number of carbonyl (C=O) groups is 2. The molecule has 0 heterocycles. The lowest BCUT2D eigenvalue weighted by Gasteiger charge is -2.21. The number of hydrogen-bond donors (Lipinski definition) is 2. The highest BCUT2D eigenvalue weighted by Crippen LogP contribution is 2.25. The van der Waals surface area contributed by atoms with Crippen LogP contribution in [0.25, 0.3) is 0 Å². The van der Waals surface area contributed by atoms with Gasteiger partial charge in [-0.05, 0) is 57.2 Å². The summed E-state index contributed by atoms with van der Waals surface area (Å²) in [5.74, 6) is -0.669. The van der Waals surface area contributed by atoms with Crippen molar-refractivity contribution in [2.45, 2.75) is 27.3 Å². The normalized spacial score (nSPS) is 10.9. The molecule has 7 nitrogen and oxygen atoms in total. The van der Waals surface area contributed by atoms with E-state index in [1.54, 1.807) is 48.5 Å². The number of azo groups is 1. The number of phenols is 1. The van der Waals surface area contributed by atoms with E-state index in [0.717, 1.165) is 24.3 Å². The van der Waals surface area contributed by atoms with Crippen molar-refractivity contribution in [3.05, 3.63) is 89.0 Å². The Morgan fingerprint density at radius 1 is 0.939 bits per heavy atom. The minimum Gasteiger partial charge on any atom is -0.508 e. The van der Waals surface area contributed by atoms with Crippen LogP contribution < -0.4 is 10.2 Å². The maximum absolute atomic E-state index is 12.4. The molecule has 0 aliphatic heterocycles. The number of amides is 2. The Balaban J connectivity index is 1.63. The zero-order chi connectivity index (χ0) is 23.8. The lowest BCUT2D eigenvalue weighted by Crippen LogP contribution is -2.21. The molecule has 0 radical (unpaired) electrons. The minimum absolute atomic E-state index is 0.0833. The number of aryl methyl sites for hydroxylation is 1. The molecule has 0 aliphatic carbocycles. The standard InChI is InChI=1S/C26H28N4O3/c1-4-30(5-2)23-14-13-21(24(31)16-23)17-27-29-26(33)20-7-6-8-22(15-20)28-25(32)19-11-9-18(3)10-12-19/h6-16,31H,4-5,17H2,1-3H3,(H,28,32). The number of carbonyl (C=O) groups excluding carboxylic acids is 2. The average Bonchev–Trinajstić information content (AvgIpc) is 2.81. The molecule has 170 valence electrons. The first kappa shape index (κ1) is 23.7. The second-order valence-corrected chi connectivity index (χ2v) is 7.59. The third kappa shape index (κ3) is 6.26. The topological polar surface area (TPSA) is 94.4 Å². The van der Waals surface area contributed by atoms with E-state index in [-0.39, 0.29) is 18.2 Å². The number of hydrogen-bond acceptors (Lipinski definition) is 5. The van der Waals surface area contributed by atoms with Gasteiger partial charge >= 0.3 is 0 Å². The van der Waals surface area contributed by atoms with Crippen LogP contribution in [0.15, 0.2) is 77.0 Å². The van der Waals surface area contributed by atoms with Crippen molar-refractivity contribution < 1.29 is 14.7 Å². The van der Waals surface area contributed by atoms with Crippen LogP contribution in [0.1, 0.15) is 45.7 Å². The molecule has 3 rings (SSSR count). The van der Waals surface area contributed by atoms with E-state index in [4.69, 9.17) is 0 Å². The summed E-state index contributed by atoms with van der Waals surface area (Å²) in [6, 6.07) is 19.2. The molecule has 0 atom stereocenters. The Bertz CT molecular complexity index is 1150. The van der Waals surface area contributed by atoms with Crippen molar-refractivity contribution in [2.24, 2.45) is 10.2 Å². The van der Waals surface area contributed by atoms with E-state index in [2.05, 4.69) is 34.3 Å². The average molecular weight is 445 g/mol. The molecule has 0 bridgehead atoms. The molecular formula is C26H28N4O3. The van der Waals surface area contributed by atoms with Gasteiger partial charge in [0, 0.05) is 47.2 Å². The van der Waals surface area contributed by atoms with Crippen molar-refractivity contribution >= 4 is 23.2 Å². The number of rotatable bonds is 8. The number of nitrogens with zero attached hydrogens (tertiary/aromatic N) is 3. The predicted molar refractivity (Wildman–Crippen MR) is 130 cm³/mol.